The van der Waals surface area contributed by atoms with Gasteiger partial charge in [-0.3, -0.25) is 4.79 Å². The van der Waals surface area contributed by atoms with E-state index in [1.165, 1.54) is 6.07 Å². The molecule has 0 unspecified atom stereocenters. The van der Waals surface area contributed by atoms with Gasteiger partial charge in [0.2, 0.25) is 0 Å². The van der Waals surface area contributed by atoms with Gasteiger partial charge in [-0.2, -0.15) is 0 Å². The van der Waals surface area contributed by atoms with E-state index in [9.17, 15) is 13.6 Å². The van der Waals surface area contributed by atoms with E-state index in [-0.39, 0.29) is 12.5 Å². The Kier molecular flexibility index (Phi) is 7.24. The number of hydrogen-bond donors (Lipinski definition) is 3. The van der Waals surface area contributed by atoms with Crippen molar-refractivity contribution in [1.82, 2.24) is 20.3 Å². The number of aromatic nitrogens is 3. The van der Waals surface area contributed by atoms with Crippen LogP contribution in [0.3, 0.4) is 0 Å². The number of nitrogens with one attached hydrogen (secondary N) is 3. The summed E-state index contributed by atoms with van der Waals surface area (Å²) in [6.45, 7) is 2.55. The number of carbonyl (C=O) groups excluding carboxylic acids is 1. The summed E-state index contributed by atoms with van der Waals surface area (Å²) in [5.41, 5.74) is 5.96. The molecule has 3 N–H and O–H groups in total. The van der Waals surface area contributed by atoms with Gasteiger partial charge in [0.1, 0.15) is 18.0 Å². The summed E-state index contributed by atoms with van der Waals surface area (Å²) in [4.78, 5) is 26.2. The van der Waals surface area contributed by atoms with Crippen LogP contribution in [0.15, 0.2) is 79.3 Å². The number of pyridine rings is 1. The SMILES string of the molecule is Cc1cc(CNc2ncccc2C(=O)NCc2ccc(F)c(F)c2)cc(-c2ccc3ncnc(NC4CC4)c3c2)c1. The molecule has 2 heterocycles. The number of rotatable bonds is 9. The Morgan fingerprint density at radius 3 is 2.56 bits per heavy atom. The third-order valence-corrected chi connectivity index (χ3v) is 6.97. The highest BCUT2D eigenvalue weighted by molar-refractivity contribution is 5.98. The van der Waals surface area contributed by atoms with Gasteiger partial charge >= 0.3 is 0 Å². The lowest BCUT2D eigenvalue weighted by Crippen LogP contribution is -2.24. The molecule has 9 heteroatoms. The van der Waals surface area contributed by atoms with E-state index < -0.39 is 11.6 Å². The summed E-state index contributed by atoms with van der Waals surface area (Å²) >= 11 is 0. The molecule has 5 aromatic rings. The number of fused-ring (bicyclic) bond motifs is 1. The van der Waals surface area contributed by atoms with Crippen molar-refractivity contribution in [3.63, 3.8) is 0 Å². The third kappa shape index (κ3) is 6.14. The Bertz CT molecular complexity index is 1750. The maximum absolute atomic E-state index is 13.5. The van der Waals surface area contributed by atoms with Crippen LogP contribution in [0.25, 0.3) is 22.0 Å². The molecule has 1 saturated carbocycles. The molecule has 2 aromatic heterocycles. The average molecular weight is 551 g/mol. The molecule has 0 atom stereocenters. The number of aryl methyl sites for hydroxylation is 1. The van der Waals surface area contributed by atoms with Crippen molar-refractivity contribution in [2.45, 2.75) is 38.9 Å². The van der Waals surface area contributed by atoms with E-state index in [1.54, 1.807) is 24.7 Å². The molecule has 1 aliphatic carbocycles. The first-order valence-corrected chi connectivity index (χ1v) is 13.5. The zero-order valence-corrected chi connectivity index (χ0v) is 22.4. The van der Waals surface area contributed by atoms with Crippen LogP contribution in [-0.4, -0.2) is 26.9 Å². The van der Waals surface area contributed by atoms with Gasteiger partial charge in [-0.1, -0.05) is 29.8 Å². The predicted octanol–water partition coefficient (Wildman–Crippen LogP) is 6.39. The summed E-state index contributed by atoms with van der Waals surface area (Å²) in [5.74, 6) is -0.964. The smallest absolute Gasteiger partial charge is 0.255 e. The molecule has 1 amide bonds. The van der Waals surface area contributed by atoms with Crippen molar-refractivity contribution in [2.75, 3.05) is 10.6 Å². The van der Waals surface area contributed by atoms with Crippen LogP contribution in [0.1, 0.15) is 39.9 Å². The molecule has 1 fully saturated rings. The van der Waals surface area contributed by atoms with Gasteiger partial charge < -0.3 is 16.0 Å². The van der Waals surface area contributed by atoms with Gasteiger partial charge in [-0.15, -0.1) is 0 Å². The molecule has 0 saturated heterocycles. The lowest BCUT2D eigenvalue weighted by molar-refractivity contribution is 0.0951. The first-order valence-electron chi connectivity index (χ1n) is 13.5. The van der Waals surface area contributed by atoms with Gasteiger partial charge in [0.25, 0.3) is 5.91 Å². The van der Waals surface area contributed by atoms with Crippen LogP contribution in [-0.2, 0) is 13.1 Å². The van der Waals surface area contributed by atoms with Crippen LogP contribution in [0.2, 0.25) is 0 Å². The minimum Gasteiger partial charge on any atom is -0.367 e. The summed E-state index contributed by atoms with van der Waals surface area (Å²) in [5, 5.41) is 10.5. The Morgan fingerprint density at radius 2 is 1.73 bits per heavy atom. The van der Waals surface area contributed by atoms with Crippen LogP contribution < -0.4 is 16.0 Å². The number of anilines is 2. The lowest BCUT2D eigenvalue weighted by atomic mass is 9.99. The fourth-order valence-electron chi connectivity index (χ4n) is 4.75. The number of carbonyl (C=O) groups is 1. The molecule has 6 rings (SSSR count). The highest BCUT2D eigenvalue weighted by atomic mass is 19.2. The highest BCUT2D eigenvalue weighted by Gasteiger charge is 2.22. The molecule has 41 heavy (non-hydrogen) atoms. The second kappa shape index (κ2) is 11.3. The van der Waals surface area contributed by atoms with Gasteiger partial charge in [-0.25, -0.2) is 23.7 Å². The second-order valence-corrected chi connectivity index (χ2v) is 10.3. The fraction of sp³-hybridized carbons (Fsp3) is 0.188. The predicted molar refractivity (Wildman–Crippen MR) is 155 cm³/mol. The maximum Gasteiger partial charge on any atom is 0.255 e. The number of nitrogens with zero attached hydrogens (tertiary/aromatic N) is 3. The van der Waals surface area contributed by atoms with Crippen molar-refractivity contribution in [2.24, 2.45) is 0 Å². The standard InChI is InChI=1S/C32H28F2N6O/c1-19-11-21(13-23(12-19)22-5-9-29-26(15-22)31(39-18-38-29)40-24-6-7-24)17-36-30-25(3-2-10-35-30)32(41)37-16-20-4-8-27(33)28(34)14-20/h2-5,8-15,18,24H,6-7,16-17H2,1H3,(H,35,36)(H,37,41)(H,38,39,40). The van der Waals surface area contributed by atoms with E-state index in [0.29, 0.717) is 29.5 Å². The molecule has 0 spiro atoms. The number of hydrogen-bond acceptors (Lipinski definition) is 6. The molecule has 7 nitrogen and oxygen atoms in total. The summed E-state index contributed by atoms with van der Waals surface area (Å²) in [6, 6.07) is 19.9. The van der Waals surface area contributed by atoms with Crippen LogP contribution in [0.4, 0.5) is 20.4 Å². The van der Waals surface area contributed by atoms with Gasteiger partial charge in [0.15, 0.2) is 11.6 Å². The first-order chi connectivity index (χ1) is 19.9. The molecular weight excluding hydrogens is 522 g/mol. The quantitative estimate of drug-likeness (QED) is 0.197. The molecule has 3 aromatic carbocycles. The number of benzene rings is 3. The van der Waals surface area contributed by atoms with E-state index >= 15 is 0 Å². The second-order valence-electron chi connectivity index (χ2n) is 10.3. The lowest BCUT2D eigenvalue weighted by Gasteiger charge is -2.13. The van der Waals surface area contributed by atoms with Gasteiger partial charge in [-0.05, 0) is 84.5 Å². The normalized spacial score (nSPS) is 12.8. The minimum atomic E-state index is -0.953. The molecule has 0 aliphatic heterocycles. The summed E-state index contributed by atoms with van der Waals surface area (Å²) in [7, 11) is 0. The average Bonchev–Trinajstić information content (AvgIpc) is 3.80. The Morgan fingerprint density at radius 1 is 0.854 bits per heavy atom. The van der Waals surface area contributed by atoms with E-state index in [4.69, 9.17) is 0 Å². The largest absolute Gasteiger partial charge is 0.367 e. The van der Waals surface area contributed by atoms with Crippen molar-refractivity contribution in [1.29, 1.82) is 0 Å². The van der Waals surface area contributed by atoms with Crippen LogP contribution in [0.5, 0.6) is 0 Å². The highest BCUT2D eigenvalue weighted by Crippen LogP contribution is 2.31. The van der Waals surface area contributed by atoms with Crippen molar-refractivity contribution in [3.8, 4) is 11.1 Å². The minimum absolute atomic E-state index is 0.0558. The molecule has 206 valence electrons. The van der Waals surface area contributed by atoms with E-state index in [0.717, 1.165) is 63.9 Å². The summed E-state index contributed by atoms with van der Waals surface area (Å²) < 4.78 is 26.8. The van der Waals surface area contributed by atoms with Crippen molar-refractivity contribution in [3.05, 3.63) is 113 Å². The Labute approximate surface area is 236 Å². The van der Waals surface area contributed by atoms with E-state index in [2.05, 4.69) is 68.2 Å². The Hall–Kier alpha value is -4.92. The first kappa shape index (κ1) is 26.3. The van der Waals surface area contributed by atoms with Crippen LogP contribution in [0, 0.1) is 18.6 Å². The molecule has 1 aliphatic rings. The maximum atomic E-state index is 13.5. The van der Waals surface area contributed by atoms with E-state index in [1.807, 2.05) is 6.07 Å². The zero-order chi connectivity index (χ0) is 28.3. The summed E-state index contributed by atoms with van der Waals surface area (Å²) in [6.07, 6.45) is 5.53. The number of halogens is 2. The van der Waals surface area contributed by atoms with Crippen molar-refractivity contribution >= 4 is 28.4 Å². The third-order valence-electron chi connectivity index (χ3n) is 6.97. The molecule has 0 radical (unpaired) electrons. The van der Waals surface area contributed by atoms with Crippen molar-refractivity contribution < 1.29 is 13.6 Å². The fourth-order valence-corrected chi connectivity index (χ4v) is 4.75. The topological polar surface area (TPSA) is 91.8 Å². The number of amides is 1. The molecular formula is C32H28F2N6O. The van der Waals surface area contributed by atoms with Crippen LogP contribution >= 0.6 is 0 Å². The Balaban J connectivity index is 1.19. The molecule has 0 bridgehead atoms. The van der Waals surface area contributed by atoms with Gasteiger partial charge in [0, 0.05) is 30.7 Å². The van der Waals surface area contributed by atoms with Gasteiger partial charge in [0.05, 0.1) is 11.1 Å². The zero-order valence-electron chi connectivity index (χ0n) is 22.4. The monoisotopic (exact) mass is 550 g/mol.